The molecule has 0 aromatic heterocycles. The molecule has 0 heterocycles. The fourth-order valence-electron chi connectivity index (χ4n) is 3.63. The lowest BCUT2D eigenvalue weighted by Crippen LogP contribution is -2.22. The number of hydrazone groups is 1. The average Bonchev–Trinajstić information content (AvgIpc) is 3.05. The third kappa shape index (κ3) is 2.29. The van der Waals surface area contributed by atoms with E-state index in [-0.39, 0.29) is 17.2 Å². The van der Waals surface area contributed by atoms with Gasteiger partial charge in [-0.15, -0.1) is 0 Å². The van der Waals surface area contributed by atoms with Crippen molar-refractivity contribution in [2.75, 3.05) is 0 Å². The Kier molecular flexibility index (Phi) is 3.13. The molecule has 1 aromatic rings. The number of amides is 1. The fraction of sp³-hybridized carbons (Fsp3) is 0.500. The maximum Gasteiger partial charge on any atom is 0.244 e. The van der Waals surface area contributed by atoms with Crippen LogP contribution in [0.3, 0.4) is 0 Å². The van der Waals surface area contributed by atoms with Gasteiger partial charge in [-0.3, -0.25) is 4.79 Å². The van der Waals surface area contributed by atoms with Crippen LogP contribution in [0.25, 0.3) is 0 Å². The van der Waals surface area contributed by atoms with Crippen LogP contribution >= 0.6 is 0 Å². The van der Waals surface area contributed by atoms with E-state index in [0.717, 1.165) is 5.56 Å². The Morgan fingerprint density at radius 3 is 2.84 bits per heavy atom. The summed E-state index contributed by atoms with van der Waals surface area (Å²) in [6.07, 6.45) is 6.64. The molecule has 3 rings (SSSR count). The van der Waals surface area contributed by atoms with E-state index in [9.17, 15) is 4.79 Å². The van der Waals surface area contributed by atoms with E-state index in [0.29, 0.717) is 5.92 Å². The molecule has 0 radical (unpaired) electrons. The number of rotatable bonds is 3. The number of carbonyl (C=O) groups is 1. The lowest BCUT2D eigenvalue weighted by atomic mass is 9.90. The Hall–Kier alpha value is -1.64. The topological polar surface area (TPSA) is 41.5 Å². The molecule has 0 unspecified atom stereocenters. The van der Waals surface area contributed by atoms with Crippen molar-refractivity contribution in [2.24, 2.45) is 22.4 Å². The largest absolute Gasteiger partial charge is 0.273 e. The van der Waals surface area contributed by atoms with E-state index < -0.39 is 0 Å². The number of fused-ring (bicyclic) bond motifs is 1. The molecule has 19 heavy (non-hydrogen) atoms. The van der Waals surface area contributed by atoms with E-state index in [1.54, 1.807) is 6.21 Å². The van der Waals surface area contributed by atoms with Crippen LogP contribution in [0.1, 0.15) is 38.2 Å². The molecule has 3 heteroatoms. The molecule has 2 fully saturated rings. The standard InChI is InChI=1S/C16H20N2O/c1-16-10-6-5-9-13(16)14(16)15(19)18-17-11-12-7-3-2-4-8-12/h2-4,7-8,11,13-14H,5-6,9-10H2,1H3,(H,18,19)/b17-11-/t13-,14-,16+/m1/s1. The minimum Gasteiger partial charge on any atom is -0.273 e. The van der Waals surface area contributed by atoms with Gasteiger partial charge < -0.3 is 0 Å². The summed E-state index contributed by atoms with van der Waals surface area (Å²) in [6.45, 7) is 2.25. The number of hydrogen-bond acceptors (Lipinski definition) is 2. The zero-order valence-corrected chi connectivity index (χ0v) is 11.3. The summed E-state index contributed by atoms with van der Waals surface area (Å²) in [7, 11) is 0. The van der Waals surface area contributed by atoms with E-state index in [1.165, 1.54) is 25.7 Å². The highest BCUT2D eigenvalue weighted by atomic mass is 16.2. The molecule has 2 aliphatic rings. The molecule has 0 saturated heterocycles. The monoisotopic (exact) mass is 256 g/mol. The zero-order valence-electron chi connectivity index (χ0n) is 11.3. The van der Waals surface area contributed by atoms with Crippen molar-refractivity contribution in [3.63, 3.8) is 0 Å². The first-order valence-electron chi connectivity index (χ1n) is 7.10. The van der Waals surface area contributed by atoms with E-state index in [4.69, 9.17) is 0 Å². The van der Waals surface area contributed by atoms with Crippen LogP contribution in [0.5, 0.6) is 0 Å². The molecule has 1 N–H and O–H groups in total. The third-order valence-electron chi connectivity index (χ3n) is 4.80. The molecule has 2 aliphatic carbocycles. The SMILES string of the molecule is C[C@]12CCCC[C@@H]1[C@@H]2C(=O)N/N=C\c1ccccc1. The maximum absolute atomic E-state index is 12.1. The lowest BCUT2D eigenvalue weighted by molar-refractivity contribution is -0.123. The molecule has 3 nitrogen and oxygen atoms in total. The molecule has 2 saturated carbocycles. The molecular weight excluding hydrogens is 236 g/mol. The summed E-state index contributed by atoms with van der Waals surface area (Å²) < 4.78 is 0. The first-order chi connectivity index (χ1) is 9.22. The quantitative estimate of drug-likeness (QED) is 0.655. The maximum atomic E-state index is 12.1. The van der Waals surface area contributed by atoms with Crippen molar-refractivity contribution >= 4 is 12.1 Å². The molecule has 3 atom stereocenters. The summed E-state index contributed by atoms with van der Waals surface area (Å²) >= 11 is 0. The van der Waals surface area contributed by atoms with Crippen molar-refractivity contribution in [2.45, 2.75) is 32.6 Å². The van der Waals surface area contributed by atoms with E-state index >= 15 is 0 Å². The number of benzene rings is 1. The molecule has 0 bridgehead atoms. The van der Waals surface area contributed by atoms with Gasteiger partial charge in [0.25, 0.3) is 0 Å². The van der Waals surface area contributed by atoms with E-state index in [2.05, 4.69) is 17.5 Å². The lowest BCUT2D eigenvalue weighted by Gasteiger charge is -2.15. The van der Waals surface area contributed by atoms with Crippen LogP contribution in [0.4, 0.5) is 0 Å². The van der Waals surface area contributed by atoms with Gasteiger partial charge in [-0.2, -0.15) is 5.10 Å². The highest BCUT2D eigenvalue weighted by molar-refractivity contribution is 5.85. The van der Waals surface area contributed by atoms with Crippen molar-refractivity contribution in [3.05, 3.63) is 35.9 Å². The van der Waals surface area contributed by atoms with Gasteiger partial charge in [0.2, 0.25) is 5.91 Å². The molecule has 0 aliphatic heterocycles. The number of hydrogen-bond donors (Lipinski definition) is 1. The zero-order chi connectivity index (χ0) is 13.3. The van der Waals surface area contributed by atoms with Gasteiger partial charge in [-0.1, -0.05) is 50.1 Å². The first kappa shape index (κ1) is 12.4. The molecule has 1 aromatic carbocycles. The fourth-order valence-corrected chi connectivity index (χ4v) is 3.63. The van der Waals surface area contributed by atoms with Crippen LogP contribution in [0.15, 0.2) is 35.4 Å². The van der Waals surface area contributed by atoms with Crippen LogP contribution in [0.2, 0.25) is 0 Å². The second kappa shape index (κ2) is 4.80. The van der Waals surface area contributed by atoms with Crippen LogP contribution < -0.4 is 5.43 Å². The van der Waals surface area contributed by atoms with Crippen molar-refractivity contribution in [3.8, 4) is 0 Å². The second-order valence-corrected chi connectivity index (χ2v) is 5.98. The third-order valence-corrected chi connectivity index (χ3v) is 4.80. The predicted molar refractivity (Wildman–Crippen MR) is 75.7 cm³/mol. The van der Waals surface area contributed by atoms with Crippen molar-refractivity contribution in [1.82, 2.24) is 5.43 Å². The van der Waals surface area contributed by atoms with Crippen molar-refractivity contribution in [1.29, 1.82) is 0 Å². The van der Waals surface area contributed by atoms with Gasteiger partial charge >= 0.3 is 0 Å². The predicted octanol–water partition coefficient (Wildman–Crippen LogP) is 2.96. The van der Waals surface area contributed by atoms with Gasteiger partial charge in [0, 0.05) is 5.92 Å². The summed E-state index contributed by atoms with van der Waals surface area (Å²) in [5, 5.41) is 4.07. The summed E-state index contributed by atoms with van der Waals surface area (Å²) in [6, 6.07) is 9.81. The summed E-state index contributed by atoms with van der Waals surface area (Å²) in [4.78, 5) is 12.1. The van der Waals surface area contributed by atoms with Gasteiger partial charge in [-0.25, -0.2) is 5.43 Å². The van der Waals surface area contributed by atoms with Gasteiger partial charge in [0.1, 0.15) is 0 Å². The average molecular weight is 256 g/mol. The summed E-state index contributed by atoms with van der Waals surface area (Å²) in [5.74, 6) is 0.873. The van der Waals surface area contributed by atoms with Gasteiger partial charge in [0.05, 0.1) is 6.21 Å². The number of nitrogens with one attached hydrogen (secondary N) is 1. The summed E-state index contributed by atoms with van der Waals surface area (Å²) in [5.41, 5.74) is 3.96. The van der Waals surface area contributed by atoms with Crippen LogP contribution in [0, 0.1) is 17.3 Å². The van der Waals surface area contributed by atoms with Gasteiger partial charge in [0.15, 0.2) is 0 Å². The minimum atomic E-state index is 0.0987. The highest BCUT2D eigenvalue weighted by Gasteiger charge is 2.64. The highest BCUT2D eigenvalue weighted by Crippen LogP contribution is 2.66. The second-order valence-electron chi connectivity index (χ2n) is 5.98. The van der Waals surface area contributed by atoms with E-state index in [1.807, 2.05) is 30.3 Å². The molecule has 1 amide bonds. The van der Waals surface area contributed by atoms with Crippen LogP contribution in [-0.4, -0.2) is 12.1 Å². The molecule has 0 spiro atoms. The van der Waals surface area contributed by atoms with Crippen molar-refractivity contribution < 1.29 is 4.79 Å². The van der Waals surface area contributed by atoms with Crippen LogP contribution in [-0.2, 0) is 4.79 Å². The normalized spacial score (nSPS) is 32.9. The molecule has 100 valence electrons. The number of nitrogens with zero attached hydrogens (tertiary/aromatic N) is 1. The Morgan fingerprint density at radius 2 is 2.16 bits per heavy atom. The number of carbonyl (C=O) groups excluding carboxylic acids is 1. The smallest absolute Gasteiger partial charge is 0.244 e. The molecular formula is C16H20N2O. The Morgan fingerprint density at radius 1 is 1.37 bits per heavy atom. The van der Waals surface area contributed by atoms with Gasteiger partial charge in [-0.05, 0) is 29.7 Å². The Bertz CT molecular complexity index is 497. The Balaban J connectivity index is 1.57. The minimum absolute atomic E-state index is 0.0987. The first-order valence-corrected chi connectivity index (χ1v) is 7.10. The Labute approximate surface area is 114 Å².